The molecule has 2 aromatic carbocycles. The van der Waals surface area contributed by atoms with Crippen LogP contribution in [0.25, 0.3) is 0 Å². The Hall–Kier alpha value is -3.40. The number of nitrogens with one attached hydrogen (secondary N) is 1. The second-order valence-electron chi connectivity index (χ2n) is 6.66. The van der Waals surface area contributed by atoms with Crippen LogP contribution in [-0.2, 0) is 16.7 Å². The lowest BCUT2D eigenvalue weighted by Crippen LogP contribution is -2.15. The van der Waals surface area contributed by atoms with E-state index in [0.717, 1.165) is 17.8 Å². The van der Waals surface area contributed by atoms with Crippen LogP contribution in [0.5, 0.6) is 0 Å². The third kappa shape index (κ3) is 5.85. The molecule has 1 N–H and O–H groups in total. The lowest BCUT2D eigenvalue weighted by Gasteiger charge is -2.11. The van der Waals surface area contributed by atoms with Gasteiger partial charge in [0.2, 0.25) is 0 Å². The molecule has 0 aliphatic rings. The number of methoxy groups -OCH3 is 1. The molecule has 3 rings (SSSR count). The maximum Gasteiger partial charge on any atom is 0.433 e. The average Bonchev–Trinajstić information content (AvgIpc) is 2.77. The van der Waals surface area contributed by atoms with E-state index in [9.17, 15) is 22.8 Å². The molecule has 0 saturated heterocycles. The van der Waals surface area contributed by atoms with Crippen molar-refractivity contribution < 1.29 is 27.5 Å². The first-order chi connectivity index (χ1) is 15.2. The Kier molecular flexibility index (Phi) is 7.14. The standard InChI is InChI=1S/C22H18F3N3O3S/c1-13-10-18(22(23,24)25)28-21(26-13)32-12-14-6-5-7-15(11-14)19(29)27-17-9-4-3-8-16(17)20(30)31-2/h3-11H,12H2,1-2H3,(H,27,29). The van der Waals surface area contributed by atoms with Crippen molar-refractivity contribution in [2.24, 2.45) is 0 Å². The minimum Gasteiger partial charge on any atom is -0.465 e. The number of anilines is 1. The van der Waals surface area contributed by atoms with Crippen LogP contribution >= 0.6 is 11.8 Å². The normalized spacial score (nSPS) is 11.2. The van der Waals surface area contributed by atoms with Crippen molar-refractivity contribution in [2.45, 2.75) is 24.0 Å². The van der Waals surface area contributed by atoms with Gasteiger partial charge in [-0.2, -0.15) is 13.2 Å². The predicted octanol–water partition coefficient (Wildman–Crippen LogP) is 5.14. The number of esters is 1. The minimum atomic E-state index is -4.55. The van der Waals surface area contributed by atoms with Crippen LogP contribution in [0.2, 0.25) is 0 Å². The summed E-state index contributed by atoms with van der Waals surface area (Å²) in [7, 11) is 1.25. The summed E-state index contributed by atoms with van der Waals surface area (Å²) in [4.78, 5) is 32.2. The van der Waals surface area contributed by atoms with Gasteiger partial charge in [-0.25, -0.2) is 14.8 Å². The van der Waals surface area contributed by atoms with Gasteiger partial charge in [0.25, 0.3) is 5.91 Å². The van der Waals surface area contributed by atoms with Crippen molar-refractivity contribution in [3.8, 4) is 0 Å². The van der Waals surface area contributed by atoms with Crippen molar-refractivity contribution in [1.29, 1.82) is 0 Å². The van der Waals surface area contributed by atoms with E-state index >= 15 is 0 Å². The molecule has 6 nitrogen and oxygen atoms in total. The Bertz CT molecular complexity index is 1150. The van der Waals surface area contributed by atoms with Crippen molar-refractivity contribution in [3.63, 3.8) is 0 Å². The topological polar surface area (TPSA) is 81.2 Å². The summed E-state index contributed by atoms with van der Waals surface area (Å²) in [5.41, 5.74) is 0.757. The molecule has 3 aromatic rings. The Morgan fingerprint density at radius 3 is 2.53 bits per heavy atom. The van der Waals surface area contributed by atoms with Gasteiger partial charge in [0, 0.05) is 17.0 Å². The molecule has 10 heteroatoms. The Labute approximate surface area is 186 Å². The monoisotopic (exact) mass is 461 g/mol. The van der Waals surface area contributed by atoms with Gasteiger partial charge >= 0.3 is 12.1 Å². The summed E-state index contributed by atoms with van der Waals surface area (Å²) in [6.45, 7) is 1.47. The van der Waals surface area contributed by atoms with Crippen molar-refractivity contribution >= 4 is 29.3 Å². The Balaban J connectivity index is 1.73. The molecule has 0 radical (unpaired) electrons. The molecule has 0 bridgehead atoms. The highest BCUT2D eigenvalue weighted by Gasteiger charge is 2.33. The van der Waals surface area contributed by atoms with Gasteiger partial charge < -0.3 is 10.1 Å². The van der Waals surface area contributed by atoms with Gasteiger partial charge in [-0.15, -0.1) is 0 Å². The van der Waals surface area contributed by atoms with E-state index in [1.165, 1.54) is 20.1 Å². The number of hydrogen-bond donors (Lipinski definition) is 1. The zero-order valence-electron chi connectivity index (χ0n) is 17.1. The third-order valence-electron chi connectivity index (χ3n) is 4.26. The highest BCUT2D eigenvalue weighted by atomic mass is 32.2. The van der Waals surface area contributed by atoms with E-state index in [1.807, 2.05) is 0 Å². The molecule has 0 saturated carbocycles. The number of benzene rings is 2. The molecule has 0 aliphatic heterocycles. The number of ether oxygens (including phenoxy) is 1. The molecule has 0 unspecified atom stereocenters. The van der Waals surface area contributed by atoms with Crippen LogP contribution in [0, 0.1) is 6.92 Å². The van der Waals surface area contributed by atoms with Crippen LogP contribution in [0.15, 0.2) is 59.8 Å². The number of thioether (sulfide) groups is 1. The largest absolute Gasteiger partial charge is 0.465 e. The maximum absolute atomic E-state index is 13.0. The van der Waals surface area contributed by atoms with Crippen LogP contribution in [0.1, 0.15) is 37.7 Å². The van der Waals surface area contributed by atoms with Crippen LogP contribution in [0.4, 0.5) is 18.9 Å². The number of halogens is 3. The van der Waals surface area contributed by atoms with Gasteiger partial charge in [-0.1, -0.05) is 36.0 Å². The van der Waals surface area contributed by atoms with Gasteiger partial charge in [0.15, 0.2) is 5.16 Å². The number of para-hydroxylation sites is 1. The van der Waals surface area contributed by atoms with E-state index in [1.54, 1.807) is 42.5 Å². The number of nitrogens with zero attached hydrogens (tertiary/aromatic N) is 2. The number of amides is 1. The molecule has 1 aromatic heterocycles. The molecule has 1 amide bonds. The molecule has 0 spiro atoms. The summed E-state index contributed by atoms with van der Waals surface area (Å²) in [5.74, 6) is -0.762. The molecule has 0 fully saturated rings. The minimum absolute atomic E-state index is 0.000755. The number of rotatable bonds is 6. The molecule has 32 heavy (non-hydrogen) atoms. The first-order valence-electron chi connectivity index (χ1n) is 9.30. The lowest BCUT2D eigenvalue weighted by atomic mass is 10.1. The van der Waals surface area contributed by atoms with Gasteiger partial charge in [-0.05, 0) is 42.8 Å². The first-order valence-corrected chi connectivity index (χ1v) is 10.3. The number of carbonyl (C=O) groups is 2. The van der Waals surface area contributed by atoms with Gasteiger partial charge in [0.1, 0.15) is 5.69 Å². The molecule has 0 atom stereocenters. The number of carbonyl (C=O) groups excluding carboxylic acids is 2. The van der Waals surface area contributed by atoms with Gasteiger partial charge in [0.05, 0.1) is 18.4 Å². The van der Waals surface area contributed by atoms with E-state index in [0.29, 0.717) is 16.8 Å². The summed E-state index contributed by atoms with van der Waals surface area (Å²) in [6, 6.07) is 13.9. The molecule has 0 aliphatic carbocycles. The first kappa shape index (κ1) is 23.3. The zero-order chi connectivity index (χ0) is 23.3. The van der Waals surface area contributed by atoms with Crippen molar-refractivity contribution in [2.75, 3.05) is 12.4 Å². The molecular weight excluding hydrogens is 443 g/mol. The second-order valence-corrected chi connectivity index (χ2v) is 7.60. The summed E-state index contributed by atoms with van der Waals surface area (Å²) >= 11 is 1.04. The van der Waals surface area contributed by atoms with Gasteiger partial charge in [-0.3, -0.25) is 4.79 Å². The molecule has 166 valence electrons. The van der Waals surface area contributed by atoms with Crippen LogP contribution < -0.4 is 5.32 Å². The van der Waals surface area contributed by atoms with Crippen molar-refractivity contribution in [3.05, 3.63) is 82.7 Å². The van der Waals surface area contributed by atoms with E-state index < -0.39 is 23.7 Å². The summed E-state index contributed by atoms with van der Waals surface area (Å²) < 4.78 is 43.6. The lowest BCUT2D eigenvalue weighted by molar-refractivity contribution is -0.141. The Morgan fingerprint density at radius 2 is 1.81 bits per heavy atom. The fourth-order valence-electron chi connectivity index (χ4n) is 2.78. The van der Waals surface area contributed by atoms with Crippen molar-refractivity contribution in [1.82, 2.24) is 9.97 Å². The Morgan fingerprint density at radius 1 is 1.06 bits per heavy atom. The summed E-state index contributed by atoms with van der Waals surface area (Å²) in [5, 5.41) is 2.68. The smallest absolute Gasteiger partial charge is 0.433 e. The number of alkyl halides is 3. The SMILES string of the molecule is COC(=O)c1ccccc1NC(=O)c1cccc(CSc2nc(C)cc(C(F)(F)F)n2)c1. The number of aryl methyl sites for hydroxylation is 1. The summed E-state index contributed by atoms with van der Waals surface area (Å²) in [6.07, 6.45) is -4.55. The van der Waals surface area contributed by atoms with E-state index in [2.05, 4.69) is 15.3 Å². The number of hydrogen-bond acceptors (Lipinski definition) is 6. The maximum atomic E-state index is 13.0. The number of aromatic nitrogens is 2. The highest BCUT2D eigenvalue weighted by molar-refractivity contribution is 7.98. The fourth-order valence-corrected chi connectivity index (χ4v) is 3.62. The highest BCUT2D eigenvalue weighted by Crippen LogP contribution is 2.30. The quantitative estimate of drug-likeness (QED) is 0.311. The van der Waals surface area contributed by atoms with Crippen LogP contribution in [0.3, 0.4) is 0 Å². The predicted molar refractivity (Wildman–Crippen MR) is 114 cm³/mol. The second kappa shape index (κ2) is 9.82. The van der Waals surface area contributed by atoms with E-state index in [-0.39, 0.29) is 22.2 Å². The van der Waals surface area contributed by atoms with E-state index in [4.69, 9.17) is 4.74 Å². The zero-order valence-corrected chi connectivity index (χ0v) is 17.9. The fraction of sp³-hybridized carbons (Fsp3) is 0.182. The molecule has 1 heterocycles. The van der Waals surface area contributed by atoms with Crippen LogP contribution in [-0.4, -0.2) is 29.0 Å². The third-order valence-corrected chi connectivity index (χ3v) is 5.18. The molecular formula is C22H18F3N3O3S. The average molecular weight is 461 g/mol.